The molecule has 1 aliphatic heterocycles. The van der Waals surface area contributed by atoms with Crippen LogP contribution in [0.2, 0.25) is 0 Å². The van der Waals surface area contributed by atoms with Crippen LogP contribution in [0.5, 0.6) is 0 Å². The molecule has 0 N–H and O–H groups in total. The van der Waals surface area contributed by atoms with Crippen LogP contribution in [0, 0.1) is 0 Å². The van der Waals surface area contributed by atoms with Gasteiger partial charge in [-0.1, -0.05) is 0 Å². The summed E-state index contributed by atoms with van der Waals surface area (Å²) in [6.07, 6.45) is 1.27. The van der Waals surface area contributed by atoms with Crippen molar-refractivity contribution in [1.82, 2.24) is 14.0 Å². The zero-order chi connectivity index (χ0) is 14.3. The highest BCUT2D eigenvalue weighted by atomic mass is 31.2. The summed E-state index contributed by atoms with van der Waals surface area (Å²) in [5.41, 5.74) is 0.457. The lowest BCUT2D eigenvalue weighted by Crippen LogP contribution is -2.56. The Morgan fingerprint density at radius 1 is 1.00 bits per heavy atom. The third-order valence-electron chi connectivity index (χ3n) is 3.40. The molecule has 0 aromatic carbocycles. The molecule has 2 unspecified atom stereocenters. The van der Waals surface area contributed by atoms with E-state index in [1.807, 2.05) is 0 Å². The number of hydrogen-bond acceptors (Lipinski definition) is 3. The molecule has 0 saturated carbocycles. The lowest BCUT2D eigenvalue weighted by molar-refractivity contribution is 0.115. The minimum Gasteiger partial charge on any atom is -0.263 e. The second kappa shape index (κ2) is 5.36. The van der Waals surface area contributed by atoms with E-state index in [0.29, 0.717) is 6.04 Å². The van der Waals surface area contributed by atoms with Crippen LogP contribution >= 0.6 is 8.37 Å². The van der Waals surface area contributed by atoms with Crippen molar-refractivity contribution in [3.05, 3.63) is 0 Å². The van der Waals surface area contributed by atoms with E-state index < -0.39 is 0 Å². The summed E-state index contributed by atoms with van der Waals surface area (Å²) in [4.78, 5) is 0. The van der Waals surface area contributed by atoms with Crippen LogP contribution in [-0.4, -0.2) is 51.8 Å². The van der Waals surface area contributed by atoms with Crippen LogP contribution in [0.15, 0.2) is 0 Å². The van der Waals surface area contributed by atoms with Crippen LogP contribution in [0.1, 0.15) is 54.9 Å². The Morgan fingerprint density at radius 3 is 1.83 bits per heavy atom. The molecule has 4 heteroatoms. The van der Waals surface area contributed by atoms with E-state index in [-0.39, 0.29) is 19.5 Å². The molecule has 1 rings (SSSR count). The van der Waals surface area contributed by atoms with Crippen LogP contribution in [0.4, 0.5) is 0 Å². The second-order valence-corrected chi connectivity index (χ2v) is 9.81. The molecule has 1 saturated heterocycles. The summed E-state index contributed by atoms with van der Waals surface area (Å²) in [6.45, 7) is 17.6. The highest BCUT2D eigenvalue weighted by Crippen LogP contribution is 2.56. The van der Waals surface area contributed by atoms with E-state index in [1.54, 1.807) is 0 Å². The molecule has 1 aliphatic rings. The third-order valence-corrected chi connectivity index (χ3v) is 6.73. The average molecular weight is 273 g/mol. The predicted octanol–water partition coefficient (Wildman–Crippen LogP) is 3.77. The highest BCUT2D eigenvalue weighted by Gasteiger charge is 2.44. The van der Waals surface area contributed by atoms with Gasteiger partial charge in [-0.25, -0.2) is 4.67 Å². The number of hydrogen-bond donors (Lipinski definition) is 0. The van der Waals surface area contributed by atoms with E-state index in [2.05, 4.69) is 76.6 Å². The summed E-state index contributed by atoms with van der Waals surface area (Å²) in [7, 11) is 4.07. The van der Waals surface area contributed by atoms with Gasteiger partial charge < -0.3 is 0 Å². The molecule has 0 bridgehead atoms. The van der Waals surface area contributed by atoms with Gasteiger partial charge in [0.05, 0.1) is 0 Å². The Hall–Kier alpha value is 0.310. The number of nitrogens with zero attached hydrogens (tertiary/aromatic N) is 3. The Balaban J connectivity index is 3.12. The van der Waals surface area contributed by atoms with Gasteiger partial charge in [-0.2, -0.15) is 0 Å². The lowest BCUT2D eigenvalue weighted by atomic mass is 10.0. The first-order valence-corrected chi connectivity index (χ1v) is 8.20. The fourth-order valence-corrected chi connectivity index (χ4v) is 5.64. The van der Waals surface area contributed by atoms with E-state index in [4.69, 9.17) is 0 Å². The summed E-state index contributed by atoms with van der Waals surface area (Å²) in [5.74, 6) is 0. The molecule has 1 fully saturated rings. The first-order valence-electron chi connectivity index (χ1n) is 7.00. The molecule has 2 atom stereocenters. The van der Waals surface area contributed by atoms with Gasteiger partial charge in [-0.3, -0.25) is 9.34 Å². The van der Waals surface area contributed by atoms with Crippen molar-refractivity contribution in [3.63, 3.8) is 0 Å². The number of rotatable bonds is 1. The Bertz CT molecular complexity index is 278. The van der Waals surface area contributed by atoms with Crippen LogP contribution in [0.25, 0.3) is 0 Å². The quantitative estimate of drug-likeness (QED) is 0.673. The van der Waals surface area contributed by atoms with Crippen molar-refractivity contribution in [2.24, 2.45) is 0 Å². The monoisotopic (exact) mass is 273 g/mol. The molecular formula is C14H32N3P. The molecule has 0 spiro atoms. The van der Waals surface area contributed by atoms with Crippen LogP contribution in [0.3, 0.4) is 0 Å². The lowest BCUT2D eigenvalue weighted by Gasteiger charge is -2.57. The van der Waals surface area contributed by atoms with Gasteiger partial charge in [0.1, 0.15) is 8.37 Å². The standard InChI is InChI=1S/C14H32N3P/c1-12-10-11-16(13(2,3)4)18(15(8)9)17(12)14(5,6)7/h12H,10-11H2,1-9H3. The van der Waals surface area contributed by atoms with Crippen molar-refractivity contribution in [1.29, 1.82) is 0 Å². The maximum atomic E-state index is 2.72. The van der Waals surface area contributed by atoms with E-state index in [0.717, 1.165) is 0 Å². The summed E-state index contributed by atoms with van der Waals surface area (Å²) >= 11 is 0. The first-order chi connectivity index (χ1) is 7.96. The van der Waals surface area contributed by atoms with Crippen molar-refractivity contribution < 1.29 is 0 Å². The molecule has 18 heavy (non-hydrogen) atoms. The Kier molecular flexibility index (Phi) is 4.87. The molecule has 0 aliphatic carbocycles. The van der Waals surface area contributed by atoms with E-state index in [9.17, 15) is 0 Å². The summed E-state index contributed by atoms with van der Waals surface area (Å²) < 4.78 is 7.83. The van der Waals surface area contributed by atoms with Gasteiger partial charge in [0.15, 0.2) is 0 Å². The zero-order valence-electron chi connectivity index (χ0n) is 13.8. The maximum absolute atomic E-state index is 2.72. The third kappa shape index (κ3) is 3.45. The molecule has 0 aromatic heterocycles. The normalized spacial score (nSPS) is 29.0. The topological polar surface area (TPSA) is 9.72 Å². The fourth-order valence-electron chi connectivity index (χ4n) is 2.76. The van der Waals surface area contributed by atoms with Gasteiger partial charge in [0.25, 0.3) is 0 Å². The molecule has 0 amide bonds. The van der Waals surface area contributed by atoms with Crippen LogP contribution < -0.4 is 0 Å². The fraction of sp³-hybridized carbons (Fsp3) is 1.00. The predicted molar refractivity (Wildman–Crippen MR) is 82.7 cm³/mol. The summed E-state index contributed by atoms with van der Waals surface area (Å²) in [5, 5.41) is 0. The second-order valence-electron chi connectivity index (χ2n) is 7.56. The van der Waals surface area contributed by atoms with Crippen molar-refractivity contribution in [2.75, 3.05) is 20.6 Å². The molecular weight excluding hydrogens is 241 g/mol. The summed E-state index contributed by atoms with van der Waals surface area (Å²) in [6, 6.07) is 0.664. The SMILES string of the molecule is CC1CCN(C(C)(C)C)P(N(C)C)N1C(C)(C)C. The van der Waals surface area contributed by atoms with Crippen molar-refractivity contribution in [3.8, 4) is 0 Å². The minimum atomic E-state index is -0.373. The van der Waals surface area contributed by atoms with Crippen molar-refractivity contribution in [2.45, 2.75) is 72.0 Å². The molecule has 1 heterocycles. The van der Waals surface area contributed by atoms with E-state index in [1.165, 1.54) is 13.0 Å². The largest absolute Gasteiger partial charge is 0.263 e. The average Bonchev–Trinajstić information content (AvgIpc) is 2.12. The molecule has 0 aromatic rings. The van der Waals surface area contributed by atoms with Crippen molar-refractivity contribution >= 4 is 8.37 Å². The smallest absolute Gasteiger partial charge is 0.120 e. The molecule has 3 nitrogen and oxygen atoms in total. The minimum absolute atomic E-state index is 0.222. The van der Waals surface area contributed by atoms with Gasteiger partial charge >= 0.3 is 0 Å². The first kappa shape index (κ1) is 16.4. The molecule has 108 valence electrons. The van der Waals surface area contributed by atoms with E-state index >= 15 is 0 Å². The van der Waals surface area contributed by atoms with Gasteiger partial charge in [-0.15, -0.1) is 0 Å². The van der Waals surface area contributed by atoms with Crippen LogP contribution in [-0.2, 0) is 0 Å². The zero-order valence-corrected chi connectivity index (χ0v) is 14.7. The highest BCUT2D eigenvalue weighted by molar-refractivity contribution is 7.50. The molecule has 0 radical (unpaired) electrons. The van der Waals surface area contributed by atoms with Gasteiger partial charge in [0, 0.05) is 23.7 Å². The van der Waals surface area contributed by atoms with Gasteiger partial charge in [0.2, 0.25) is 0 Å². The Labute approximate surface area is 115 Å². The van der Waals surface area contributed by atoms with Gasteiger partial charge in [-0.05, 0) is 69.0 Å². The Morgan fingerprint density at radius 2 is 1.50 bits per heavy atom. The maximum Gasteiger partial charge on any atom is 0.120 e.